The van der Waals surface area contributed by atoms with Crippen LogP contribution >= 0.6 is 11.8 Å². The summed E-state index contributed by atoms with van der Waals surface area (Å²) in [6.07, 6.45) is 2.94. The molecule has 0 N–H and O–H groups in total. The van der Waals surface area contributed by atoms with Crippen molar-refractivity contribution < 1.29 is 9.77 Å². The van der Waals surface area contributed by atoms with Crippen LogP contribution in [0.15, 0.2) is 5.10 Å². The Kier molecular flexibility index (Phi) is 7.98. The molecule has 0 saturated carbocycles. The third-order valence-electron chi connectivity index (χ3n) is 3.48. The van der Waals surface area contributed by atoms with Crippen LogP contribution in [0.3, 0.4) is 0 Å². The topological polar surface area (TPSA) is 71.2 Å². The Balaban J connectivity index is 2.37. The van der Waals surface area contributed by atoms with E-state index in [1.165, 1.54) is 11.8 Å². The molecule has 0 aliphatic carbocycles. The van der Waals surface area contributed by atoms with Gasteiger partial charge in [-0.3, -0.25) is 0 Å². The van der Waals surface area contributed by atoms with Gasteiger partial charge in [-0.1, -0.05) is 18.7 Å². The fourth-order valence-electron chi connectivity index (χ4n) is 2.72. The van der Waals surface area contributed by atoms with E-state index >= 15 is 0 Å². The van der Waals surface area contributed by atoms with Crippen LogP contribution in [-0.2, 0) is 4.74 Å². The molecule has 0 aromatic heterocycles. The van der Waals surface area contributed by atoms with Crippen LogP contribution in [0.1, 0.15) is 13.3 Å². The first-order valence-electron chi connectivity index (χ1n) is 7.16. The Morgan fingerprint density at radius 1 is 1.52 bits per heavy atom. The van der Waals surface area contributed by atoms with Gasteiger partial charge in [0, 0.05) is 33.3 Å². The summed E-state index contributed by atoms with van der Waals surface area (Å²) in [6, 6.07) is 0. The lowest BCUT2D eigenvalue weighted by atomic mass is 10.1. The summed E-state index contributed by atoms with van der Waals surface area (Å²) in [5.74, 6) is 1.05. The van der Waals surface area contributed by atoms with E-state index in [0.29, 0.717) is 17.0 Å². The van der Waals surface area contributed by atoms with Crippen molar-refractivity contribution in [2.45, 2.75) is 13.3 Å². The van der Waals surface area contributed by atoms with Crippen LogP contribution in [0.5, 0.6) is 0 Å². The zero-order valence-electron chi connectivity index (χ0n) is 13.3. The van der Waals surface area contributed by atoms with Crippen molar-refractivity contribution >= 4 is 16.9 Å². The second kappa shape index (κ2) is 9.22. The normalized spacial score (nSPS) is 20.8. The van der Waals surface area contributed by atoms with Gasteiger partial charge in [-0.05, 0) is 31.6 Å². The SMILES string of the molecule is CSC(=N[N+](=O)[O-])N(C)CC(C)CN(C)CC1CCOC1. The predicted molar refractivity (Wildman–Crippen MR) is 86.2 cm³/mol. The maximum Gasteiger partial charge on any atom is 0.237 e. The van der Waals surface area contributed by atoms with Crippen LogP contribution in [0.4, 0.5) is 0 Å². The minimum atomic E-state index is -0.640. The molecule has 0 bridgehead atoms. The van der Waals surface area contributed by atoms with Gasteiger partial charge in [0.15, 0.2) is 5.03 Å². The summed E-state index contributed by atoms with van der Waals surface area (Å²) in [5.41, 5.74) is 0. The zero-order chi connectivity index (χ0) is 15.8. The number of thioether (sulfide) groups is 1. The number of nitro groups is 1. The van der Waals surface area contributed by atoms with E-state index in [2.05, 4.69) is 24.0 Å². The summed E-state index contributed by atoms with van der Waals surface area (Å²) in [7, 11) is 3.97. The first-order chi connectivity index (χ1) is 9.92. The number of hydrogen-bond acceptors (Lipinski definition) is 5. The molecule has 2 atom stereocenters. The number of amidine groups is 1. The minimum absolute atomic E-state index is 0.409. The molecule has 0 radical (unpaired) electrons. The van der Waals surface area contributed by atoms with E-state index < -0.39 is 5.03 Å². The summed E-state index contributed by atoms with van der Waals surface area (Å²) < 4.78 is 5.39. The molecule has 7 nitrogen and oxygen atoms in total. The Morgan fingerprint density at radius 2 is 2.24 bits per heavy atom. The molecule has 1 aliphatic rings. The molecule has 0 aromatic rings. The molecule has 0 aromatic carbocycles. The van der Waals surface area contributed by atoms with E-state index in [0.717, 1.165) is 39.3 Å². The molecular weight excluding hydrogens is 292 g/mol. The van der Waals surface area contributed by atoms with Crippen molar-refractivity contribution in [3.05, 3.63) is 10.1 Å². The summed E-state index contributed by atoms with van der Waals surface area (Å²) in [6.45, 7) is 6.66. The molecule has 1 saturated heterocycles. The average Bonchev–Trinajstić information content (AvgIpc) is 2.87. The van der Waals surface area contributed by atoms with Crippen molar-refractivity contribution in [3.63, 3.8) is 0 Å². The van der Waals surface area contributed by atoms with Gasteiger partial charge in [0.2, 0.25) is 5.17 Å². The Bertz CT molecular complexity index is 361. The lowest BCUT2D eigenvalue weighted by Crippen LogP contribution is -2.36. The highest BCUT2D eigenvalue weighted by molar-refractivity contribution is 8.13. The highest BCUT2D eigenvalue weighted by Gasteiger charge is 2.19. The van der Waals surface area contributed by atoms with E-state index in [-0.39, 0.29) is 0 Å². The van der Waals surface area contributed by atoms with E-state index in [4.69, 9.17) is 4.74 Å². The van der Waals surface area contributed by atoms with Crippen LogP contribution < -0.4 is 0 Å². The molecule has 2 unspecified atom stereocenters. The number of nitrogens with zero attached hydrogens (tertiary/aromatic N) is 4. The molecule has 1 fully saturated rings. The molecule has 8 heteroatoms. The highest BCUT2D eigenvalue weighted by Crippen LogP contribution is 2.14. The second-order valence-corrected chi connectivity index (χ2v) is 6.53. The van der Waals surface area contributed by atoms with Crippen molar-refractivity contribution in [3.8, 4) is 0 Å². The number of hydrazone groups is 1. The van der Waals surface area contributed by atoms with Crippen molar-refractivity contribution in [1.82, 2.24) is 9.80 Å². The minimum Gasteiger partial charge on any atom is -0.381 e. The fraction of sp³-hybridized carbons (Fsp3) is 0.923. The monoisotopic (exact) mass is 318 g/mol. The van der Waals surface area contributed by atoms with Gasteiger partial charge in [0.05, 0.1) is 11.7 Å². The van der Waals surface area contributed by atoms with Crippen LogP contribution in [-0.4, -0.2) is 73.2 Å². The molecule has 21 heavy (non-hydrogen) atoms. The third-order valence-corrected chi connectivity index (χ3v) is 4.24. The van der Waals surface area contributed by atoms with Crippen LogP contribution in [0.2, 0.25) is 0 Å². The molecule has 122 valence electrons. The Morgan fingerprint density at radius 3 is 2.76 bits per heavy atom. The molecule has 1 aliphatic heterocycles. The molecular formula is C13H26N4O3S. The van der Waals surface area contributed by atoms with Gasteiger partial charge in [-0.2, -0.15) is 0 Å². The Hall–Kier alpha value is -0.860. The molecule has 0 amide bonds. The van der Waals surface area contributed by atoms with Gasteiger partial charge in [-0.25, -0.2) is 10.1 Å². The lowest BCUT2D eigenvalue weighted by Gasteiger charge is -2.27. The summed E-state index contributed by atoms with van der Waals surface area (Å²) in [5, 5.41) is 13.7. The molecule has 1 heterocycles. The predicted octanol–water partition coefficient (Wildman–Crippen LogP) is 1.43. The number of ether oxygens (including phenoxy) is 1. The van der Waals surface area contributed by atoms with E-state index in [1.807, 2.05) is 11.9 Å². The summed E-state index contributed by atoms with van der Waals surface area (Å²) >= 11 is 1.30. The summed E-state index contributed by atoms with van der Waals surface area (Å²) in [4.78, 5) is 14.7. The first kappa shape index (κ1) is 18.2. The number of rotatable bonds is 7. The zero-order valence-corrected chi connectivity index (χ0v) is 14.1. The van der Waals surface area contributed by atoms with E-state index in [1.54, 1.807) is 6.26 Å². The largest absolute Gasteiger partial charge is 0.381 e. The van der Waals surface area contributed by atoms with Crippen LogP contribution in [0, 0.1) is 22.0 Å². The van der Waals surface area contributed by atoms with Crippen molar-refractivity contribution in [2.24, 2.45) is 16.9 Å². The third kappa shape index (κ3) is 7.10. The Labute approximate surface area is 130 Å². The maximum atomic E-state index is 10.5. The lowest BCUT2D eigenvalue weighted by molar-refractivity contribution is -0.485. The average molecular weight is 318 g/mol. The standard InChI is InChI=1S/C13H26N4O3S/c1-11(7-15(2)9-12-5-6-20-10-12)8-16(3)13(21-4)14-17(18)19/h11-12H,5-10H2,1-4H3. The van der Waals surface area contributed by atoms with Crippen molar-refractivity contribution in [1.29, 1.82) is 0 Å². The van der Waals surface area contributed by atoms with Gasteiger partial charge < -0.3 is 14.5 Å². The van der Waals surface area contributed by atoms with Crippen LogP contribution in [0.25, 0.3) is 0 Å². The highest BCUT2D eigenvalue weighted by atomic mass is 32.2. The molecule has 0 spiro atoms. The van der Waals surface area contributed by atoms with Gasteiger partial charge in [0.25, 0.3) is 0 Å². The van der Waals surface area contributed by atoms with Crippen molar-refractivity contribution in [2.75, 3.05) is 53.2 Å². The number of hydrogen-bond donors (Lipinski definition) is 0. The van der Waals surface area contributed by atoms with E-state index in [9.17, 15) is 10.1 Å². The second-order valence-electron chi connectivity index (χ2n) is 5.76. The van der Waals surface area contributed by atoms with Gasteiger partial charge >= 0.3 is 0 Å². The smallest absolute Gasteiger partial charge is 0.237 e. The van der Waals surface area contributed by atoms with Gasteiger partial charge in [-0.15, -0.1) is 0 Å². The van der Waals surface area contributed by atoms with Gasteiger partial charge in [0.1, 0.15) is 0 Å². The quantitative estimate of drug-likeness (QED) is 0.306. The maximum absolute atomic E-state index is 10.5. The fourth-order valence-corrected chi connectivity index (χ4v) is 3.26. The first-order valence-corrected chi connectivity index (χ1v) is 8.39. The molecule has 1 rings (SSSR count).